The fourth-order valence-corrected chi connectivity index (χ4v) is 8.51. The molecule has 210 valence electrons. The van der Waals surface area contributed by atoms with Crippen molar-refractivity contribution >= 4 is 23.7 Å². The largest absolute Gasteiger partial charge is 0.472 e. The molecule has 0 unspecified atom stereocenters. The Labute approximate surface area is 227 Å². The van der Waals surface area contributed by atoms with Crippen LogP contribution in [-0.2, 0) is 38.1 Å². The van der Waals surface area contributed by atoms with Gasteiger partial charge < -0.3 is 23.4 Å². The Balaban J connectivity index is 1.76. The first-order valence-corrected chi connectivity index (χ1v) is 13.3. The highest BCUT2D eigenvalue weighted by Gasteiger charge is 2.75. The Kier molecular flexibility index (Phi) is 6.44. The third kappa shape index (κ3) is 3.84. The lowest BCUT2D eigenvalue weighted by Gasteiger charge is -2.62. The summed E-state index contributed by atoms with van der Waals surface area (Å²) in [5, 5.41) is 0. The molecular weight excluding hydrogens is 504 g/mol. The lowest BCUT2D eigenvalue weighted by Crippen LogP contribution is -2.71. The fourth-order valence-electron chi connectivity index (χ4n) is 8.51. The van der Waals surface area contributed by atoms with E-state index >= 15 is 0 Å². The van der Waals surface area contributed by atoms with Crippen molar-refractivity contribution in [1.29, 1.82) is 0 Å². The van der Waals surface area contributed by atoms with Crippen LogP contribution in [0.3, 0.4) is 0 Å². The van der Waals surface area contributed by atoms with Crippen LogP contribution in [0.1, 0.15) is 65.9 Å². The van der Waals surface area contributed by atoms with Gasteiger partial charge in [0.15, 0.2) is 5.78 Å². The second-order valence-corrected chi connectivity index (χ2v) is 11.9. The first-order chi connectivity index (χ1) is 18.3. The zero-order valence-electron chi connectivity index (χ0n) is 23.4. The summed E-state index contributed by atoms with van der Waals surface area (Å²) in [7, 11) is 1.32. The summed E-state index contributed by atoms with van der Waals surface area (Å²) in [5.41, 5.74) is -0.304. The summed E-state index contributed by atoms with van der Waals surface area (Å²) >= 11 is 0. The number of furan rings is 1. The number of fused-ring (bicyclic) bond motifs is 4. The van der Waals surface area contributed by atoms with Gasteiger partial charge in [0.1, 0.15) is 17.8 Å². The molecule has 3 aliphatic carbocycles. The number of ether oxygens (including phenoxy) is 4. The van der Waals surface area contributed by atoms with Crippen LogP contribution < -0.4 is 0 Å². The number of methoxy groups -OCH3 is 1. The number of hydrogen-bond acceptors (Lipinski definition) is 9. The van der Waals surface area contributed by atoms with Crippen LogP contribution in [0.2, 0.25) is 0 Å². The zero-order chi connectivity index (χ0) is 28.5. The maximum absolute atomic E-state index is 14.0. The summed E-state index contributed by atoms with van der Waals surface area (Å²) < 4.78 is 29.1. The average molecular weight is 541 g/mol. The minimum Gasteiger partial charge on any atom is -0.472 e. The highest BCUT2D eigenvalue weighted by Crippen LogP contribution is 2.69. The lowest BCUT2D eigenvalue weighted by atomic mass is 9.42. The van der Waals surface area contributed by atoms with Crippen molar-refractivity contribution in [2.75, 3.05) is 7.11 Å². The number of hydrogen-bond donors (Lipinski definition) is 0. The van der Waals surface area contributed by atoms with Crippen molar-refractivity contribution in [3.8, 4) is 0 Å². The minimum absolute atomic E-state index is 0.0475. The maximum Gasteiger partial charge on any atom is 0.305 e. The van der Waals surface area contributed by atoms with Crippen LogP contribution >= 0.6 is 0 Å². The van der Waals surface area contributed by atoms with Crippen molar-refractivity contribution in [1.82, 2.24) is 0 Å². The Morgan fingerprint density at radius 3 is 2.41 bits per heavy atom. The van der Waals surface area contributed by atoms with Crippen molar-refractivity contribution in [2.24, 2.45) is 22.7 Å². The first kappa shape index (κ1) is 27.4. The van der Waals surface area contributed by atoms with Crippen LogP contribution in [0.5, 0.6) is 0 Å². The van der Waals surface area contributed by atoms with E-state index in [0.29, 0.717) is 6.42 Å². The van der Waals surface area contributed by atoms with Gasteiger partial charge in [-0.05, 0) is 55.5 Å². The average Bonchev–Trinajstić information content (AvgIpc) is 3.55. The molecule has 2 fully saturated rings. The van der Waals surface area contributed by atoms with E-state index < -0.39 is 58.4 Å². The second-order valence-electron chi connectivity index (χ2n) is 11.9. The van der Waals surface area contributed by atoms with E-state index in [4.69, 9.17) is 23.4 Å². The van der Waals surface area contributed by atoms with Crippen molar-refractivity contribution < 1.29 is 42.5 Å². The Morgan fingerprint density at radius 1 is 1.10 bits per heavy atom. The summed E-state index contributed by atoms with van der Waals surface area (Å²) in [5.74, 6) is -3.14. The second kappa shape index (κ2) is 9.18. The fraction of sp³-hybridized carbons (Fsp3) is 0.600. The normalized spacial score (nSPS) is 40.5. The number of rotatable bonds is 5. The van der Waals surface area contributed by atoms with E-state index in [1.807, 2.05) is 13.0 Å². The molecule has 0 aromatic carbocycles. The van der Waals surface area contributed by atoms with Gasteiger partial charge in [0.2, 0.25) is 0 Å². The number of carbonyl (C=O) groups is 4. The van der Waals surface area contributed by atoms with Gasteiger partial charge in [-0.2, -0.15) is 0 Å². The summed E-state index contributed by atoms with van der Waals surface area (Å²) in [6.07, 6.45) is 5.00. The van der Waals surface area contributed by atoms with Gasteiger partial charge in [0.25, 0.3) is 0 Å². The molecule has 1 saturated heterocycles. The predicted molar refractivity (Wildman–Crippen MR) is 137 cm³/mol. The molecule has 0 N–H and O–H groups in total. The molecule has 1 aromatic heterocycles. The van der Waals surface area contributed by atoms with Crippen LogP contribution in [0, 0.1) is 22.7 Å². The molecule has 1 saturated carbocycles. The molecule has 2 heterocycles. The highest BCUT2D eigenvalue weighted by atomic mass is 16.6. The van der Waals surface area contributed by atoms with E-state index in [1.54, 1.807) is 32.4 Å². The third-order valence-electron chi connectivity index (χ3n) is 9.85. The molecular formula is C30H36O9. The van der Waals surface area contributed by atoms with E-state index in [-0.39, 0.29) is 24.2 Å². The molecule has 0 radical (unpaired) electrons. The molecule has 39 heavy (non-hydrogen) atoms. The van der Waals surface area contributed by atoms with Crippen LogP contribution in [0.15, 0.2) is 46.3 Å². The molecule has 0 amide bonds. The van der Waals surface area contributed by atoms with Gasteiger partial charge in [-0.1, -0.05) is 19.4 Å². The smallest absolute Gasteiger partial charge is 0.305 e. The van der Waals surface area contributed by atoms with E-state index in [0.717, 1.165) is 16.7 Å². The number of esters is 3. The zero-order valence-corrected chi connectivity index (χ0v) is 23.4. The number of ketones is 1. The maximum atomic E-state index is 14.0. The van der Waals surface area contributed by atoms with Crippen LogP contribution in [-0.4, -0.2) is 54.7 Å². The molecule has 4 aliphatic rings. The molecule has 9 atom stereocenters. The Bertz CT molecular complexity index is 1280. The van der Waals surface area contributed by atoms with Crippen molar-refractivity contribution in [2.45, 2.75) is 84.2 Å². The van der Waals surface area contributed by atoms with Crippen molar-refractivity contribution in [3.63, 3.8) is 0 Å². The lowest BCUT2D eigenvalue weighted by molar-refractivity contribution is -0.237. The Hall–Kier alpha value is -3.20. The van der Waals surface area contributed by atoms with E-state index in [1.165, 1.54) is 27.0 Å². The van der Waals surface area contributed by atoms with Gasteiger partial charge in [0, 0.05) is 30.6 Å². The molecule has 1 aromatic rings. The van der Waals surface area contributed by atoms with Gasteiger partial charge in [-0.15, -0.1) is 0 Å². The number of carbonyl (C=O) groups excluding carboxylic acids is 4. The van der Waals surface area contributed by atoms with Gasteiger partial charge >= 0.3 is 17.9 Å². The molecule has 9 heteroatoms. The first-order valence-electron chi connectivity index (χ1n) is 13.3. The molecule has 0 spiro atoms. The van der Waals surface area contributed by atoms with Crippen LogP contribution in [0.4, 0.5) is 0 Å². The van der Waals surface area contributed by atoms with Gasteiger partial charge in [-0.3, -0.25) is 19.2 Å². The van der Waals surface area contributed by atoms with Crippen LogP contribution in [0.25, 0.3) is 0 Å². The van der Waals surface area contributed by atoms with E-state index in [2.05, 4.69) is 6.92 Å². The molecule has 0 bridgehead atoms. The minimum atomic E-state index is -1.30. The third-order valence-corrected chi connectivity index (χ3v) is 9.85. The summed E-state index contributed by atoms with van der Waals surface area (Å²) in [4.78, 5) is 51.8. The van der Waals surface area contributed by atoms with Crippen molar-refractivity contribution in [3.05, 3.63) is 47.5 Å². The van der Waals surface area contributed by atoms with Gasteiger partial charge in [0.05, 0.1) is 38.1 Å². The summed E-state index contributed by atoms with van der Waals surface area (Å²) in [6, 6.07) is 1.93. The quantitative estimate of drug-likeness (QED) is 0.309. The molecule has 5 rings (SSSR count). The molecule has 1 aliphatic heterocycles. The van der Waals surface area contributed by atoms with E-state index in [9.17, 15) is 19.2 Å². The topological polar surface area (TPSA) is 118 Å². The summed E-state index contributed by atoms with van der Waals surface area (Å²) in [6.45, 7) is 10.2. The monoisotopic (exact) mass is 540 g/mol. The number of allylic oxidation sites excluding steroid dienone is 2. The Morgan fingerprint density at radius 2 is 1.82 bits per heavy atom. The predicted octanol–water partition coefficient (Wildman–Crippen LogP) is 4.06. The highest BCUT2D eigenvalue weighted by molar-refractivity contribution is 5.97. The SMILES string of the molecule is COC(=O)C[C@H]1[C@]2(C)C3=C(C)[C@H](c4ccoc4)C[C@H]3O[C@H]2[C@H](OC(C)=O)[C@@H]2[C@]1(C)C(=O)C=C[C@@]2(C)OC(C)=O. The van der Waals surface area contributed by atoms with Gasteiger partial charge in [-0.25, -0.2) is 0 Å². The standard InChI is InChI=1S/C30H36O9/c1-15-19(18-9-11-36-14-18)12-20-24(15)30(6)21(13-23(34)35-7)29(5)22(33)8-10-28(4,39-17(3)32)26(29)25(27(30)38-20)37-16(2)31/h8-11,14,19-21,25-27H,12-13H2,1-7H3/t19-,20-,21-,25-,26+,27+,28-,29+,30-/m1/s1. The molecule has 9 nitrogen and oxygen atoms in total.